The molecule has 2 N–H and O–H groups in total. The van der Waals surface area contributed by atoms with Crippen LogP contribution in [0.1, 0.15) is 46.1 Å². The predicted molar refractivity (Wildman–Crippen MR) is 129 cm³/mol. The van der Waals surface area contributed by atoms with Gasteiger partial charge in [0.2, 0.25) is 0 Å². The lowest BCUT2D eigenvalue weighted by molar-refractivity contribution is 0.0935. The summed E-state index contributed by atoms with van der Waals surface area (Å²) in [7, 11) is 1.65. The average molecular weight is 445 g/mol. The molecule has 0 saturated heterocycles. The molecule has 170 valence electrons. The zero-order chi connectivity index (χ0) is 23.5. The molecule has 2 aromatic carbocycles. The molecule has 7 nitrogen and oxygen atoms in total. The maximum Gasteiger partial charge on any atom is 0.257 e. The Kier molecular flexibility index (Phi) is 6.31. The van der Waals surface area contributed by atoms with Crippen LogP contribution in [-0.4, -0.2) is 27.6 Å². The summed E-state index contributed by atoms with van der Waals surface area (Å²) in [6.07, 6.45) is 0.713. The number of hydrogen-bond acceptors (Lipinski definition) is 4. The number of nitrogens with one attached hydrogen (secondary N) is 2. The highest BCUT2D eigenvalue weighted by molar-refractivity contribution is 5.95. The second-order valence-corrected chi connectivity index (χ2v) is 8.16. The number of carbonyl (C=O) groups is 1. The van der Waals surface area contributed by atoms with Gasteiger partial charge in [0.25, 0.3) is 5.91 Å². The minimum absolute atomic E-state index is 0.156. The van der Waals surface area contributed by atoms with E-state index in [-0.39, 0.29) is 17.0 Å². The van der Waals surface area contributed by atoms with E-state index >= 15 is 0 Å². The molecule has 1 atom stereocenters. The van der Waals surface area contributed by atoms with Crippen LogP contribution in [-0.2, 0) is 13.0 Å². The summed E-state index contributed by atoms with van der Waals surface area (Å²) in [6.45, 7) is 6.17. The summed E-state index contributed by atoms with van der Waals surface area (Å²) in [4.78, 5) is 33.7. The summed E-state index contributed by atoms with van der Waals surface area (Å²) in [6, 6.07) is 16.7. The van der Waals surface area contributed by atoms with Gasteiger partial charge < -0.3 is 19.6 Å². The van der Waals surface area contributed by atoms with E-state index in [1.807, 2.05) is 73.9 Å². The zero-order valence-corrected chi connectivity index (χ0v) is 19.3. The molecule has 1 amide bonds. The van der Waals surface area contributed by atoms with Crippen LogP contribution in [0.3, 0.4) is 0 Å². The molecule has 0 spiro atoms. The Hall–Kier alpha value is -3.87. The number of nitrogens with zero attached hydrogens (tertiary/aromatic N) is 2. The molecule has 0 bridgehead atoms. The Morgan fingerprint density at radius 1 is 1.15 bits per heavy atom. The number of ether oxygens (including phenoxy) is 1. The van der Waals surface area contributed by atoms with Crippen LogP contribution in [0.25, 0.3) is 11.0 Å². The number of imidazole rings is 1. The lowest BCUT2D eigenvalue weighted by atomic mass is 10.1. The maximum atomic E-state index is 13.1. The Labute approximate surface area is 192 Å². The fourth-order valence-corrected chi connectivity index (χ4v) is 4.19. The molecule has 2 heterocycles. The number of rotatable bonds is 7. The van der Waals surface area contributed by atoms with Crippen molar-refractivity contribution in [1.82, 2.24) is 19.9 Å². The molecule has 0 fully saturated rings. The van der Waals surface area contributed by atoms with E-state index in [1.54, 1.807) is 7.11 Å². The lowest BCUT2D eigenvalue weighted by Crippen LogP contribution is -2.34. The molecule has 0 saturated carbocycles. The summed E-state index contributed by atoms with van der Waals surface area (Å²) >= 11 is 0. The monoisotopic (exact) mass is 444 g/mol. The number of H-pyrrole nitrogens is 1. The average Bonchev–Trinajstić information content (AvgIpc) is 3.23. The van der Waals surface area contributed by atoms with Gasteiger partial charge in [0, 0.05) is 24.0 Å². The van der Waals surface area contributed by atoms with E-state index < -0.39 is 5.91 Å². The van der Waals surface area contributed by atoms with Crippen LogP contribution in [0.15, 0.2) is 59.4 Å². The molecule has 2 aromatic heterocycles. The number of amides is 1. The third-order valence-corrected chi connectivity index (χ3v) is 5.97. The number of aromatic nitrogens is 3. The van der Waals surface area contributed by atoms with Gasteiger partial charge in [-0.2, -0.15) is 0 Å². The number of hydrogen-bond donors (Lipinski definition) is 2. The molecule has 0 aliphatic heterocycles. The van der Waals surface area contributed by atoms with Crippen molar-refractivity contribution in [3.63, 3.8) is 0 Å². The zero-order valence-electron chi connectivity index (χ0n) is 19.3. The van der Waals surface area contributed by atoms with E-state index in [0.29, 0.717) is 24.5 Å². The van der Waals surface area contributed by atoms with E-state index in [4.69, 9.17) is 4.74 Å². The molecule has 7 heteroatoms. The van der Waals surface area contributed by atoms with Gasteiger partial charge >= 0.3 is 0 Å². The highest BCUT2D eigenvalue weighted by Gasteiger charge is 2.21. The van der Waals surface area contributed by atoms with Gasteiger partial charge in [-0.05, 0) is 51.0 Å². The topological polar surface area (TPSA) is 89.0 Å². The van der Waals surface area contributed by atoms with Crippen LogP contribution >= 0.6 is 0 Å². The summed E-state index contributed by atoms with van der Waals surface area (Å²) in [5.74, 6) is 1.06. The van der Waals surface area contributed by atoms with Crippen LogP contribution in [0.2, 0.25) is 0 Å². The maximum absolute atomic E-state index is 13.1. The van der Waals surface area contributed by atoms with Gasteiger partial charge in [-0.1, -0.05) is 30.3 Å². The third kappa shape index (κ3) is 4.53. The van der Waals surface area contributed by atoms with Crippen LogP contribution in [0, 0.1) is 13.8 Å². The van der Waals surface area contributed by atoms with Crippen molar-refractivity contribution >= 4 is 16.9 Å². The first-order valence-corrected chi connectivity index (χ1v) is 11.0. The SMILES string of the molecule is COc1ccccc1CCn1c(C)cc(=O)c(C(=O)NC(C)c2nc3ccccc3[nH]2)c1C. The number of carbonyl (C=O) groups excluding carboxylic acids is 1. The molecule has 0 aliphatic carbocycles. The summed E-state index contributed by atoms with van der Waals surface area (Å²) in [5, 5.41) is 2.93. The first-order valence-electron chi connectivity index (χ1n) is 11.0. The lowest BCUT2D eigenvalue weighted by Gasteiger charge is -2.19. The number of fused-ring (bicyclic) bond motifs is 1. The molecule has 33 heavy (non-hydrogen) atoms. The standard InChI is InChI=1S/C26H28N4O3/c1-16-15-22(31)24(18(3)30(16)14-13-19-9-5-8-12-23(19)33-4)26(32)27-17(2)25-28-20-10-6-7-11-21(20)29-25/h5-12,15,17H,13-14H2,1-4H3,(H,27,32)(H,28,29). The highest BCUT2D eigenvalue weighted by atomic mass is 16.5. The highest BCUT2D eigenvalue weighted by Crippen LogP contribution is 2.20. The molecule has 1 unspecified atom stereocenters. The number of methoxy groups -OCH3 is 1. The minimum Gasteiger partial charge on any atom is -0.496 e. The predicted octanol–water partition coefficient (Wildman–Crippen LogP) is 4.08. The van der Waals surface area contributed by atoms with Crippen molar-refractivity contribution in [2.24, 2.45) is 0 Å². The molecule has 4 aromatic rings. The largest absolute Gasteiger partial charge is 0.496 e. The van der Waals surface area contributed by atoms with Gasteiger partial charge in [-0.3, -0.25) is 9.59 Å². The van der Waals surface area contributed by atoms with Crippen molar-refractivity contribution in [2.75, 3.05) is 7.11 Å². The van der Waals surface area contributed by atoms with Crippen molar-refractivity contribution in [3.8, 4) is 5.75 Å². The van der Waals surface area contributed by atoms with Gasteiger partial charge in [-0.25, -0.2) is 4.98 Å². The molecular weight excluding hydrogens is 416 g/mol. The van der Waals surface area contributed by atoms with Crippen LogP contribution < -0.4 is 15.5 Å². The van der Waals surface area contributed by atoms with Gasteiger partial charge in [-0.15, -0.1) is 0 Å². The van der Waals surface area contributed by atoms with Crippen molar-refractivity contribution in [1.29, 1.82) is 0 Å². The normalized spacial score (nSPS) is 12.0. The second-order valence-electron chi connectivity index (χ2n) is 8.16. The second kappa shape index (κ2) is 9.32. The third-order valence-electron chi connectivity index (χ3n) is 5.97. The van der Waals surface area contributed by atoms with Gasteiger partial charge in [0.15, 0.2) is 5.43 Å². The van der Waals surface area contributed by atoms with Crippen LogP contribution in [0.5, 0.6) is 5.75 Å². The number of aryl methyl sites for hydroxylation is 2. The quantitative estimate of drug-likeness (QED) is 0.449. The Bertz CT molecular complexity index is 1340. The Morgan fingerprint density at radius 2 is 1.88 bits per heavy atom. The van der Waals surface area contributed by atoms with Gasteiger partial charge in [0.05, 0.1) is 24.2 Å². The molecular formula is C26H28N4O3. The number of para-hydroxylation sites is 3. The van der Waals surface area contributed by atoms with Crippen molar-refractivity contribution in [3.05, 3.63) is 93.2 Å². The molecule has 0 aliphatic rings. The molecule has 0 radical (unpaired) electrons. The fraction of sp³-hybridized carbons (Fsp3) is 0.269. The van der Waals surface area contributed by atoms with E-state index in [1.165, 1.54) is 6.07 Å². The number of pyridine rings is 1. The van der Waals surface area contributed by atoms with E-state index in [0.717, 1.165) is 28.0 Å². The minimum atomic E-state index is -0.406. The number of aromatic amines is 1. The Balaban J connectivity index is 1.58. The summed E-state index contributed by atoms with van der Waals surface area (Å²) in [5.41, 5.74) is 4.13. The number of benzene rings is 2. The van der Waals surface area contributed by atoms with E-state index in [9.17, 15) is 9.59 Å². The van der Waals surface area contributed by atoms with Crippen molar-refractivity contribution < 1.29 is 9.53 Å². The Morgan fingerprint density at radius 3 is 2.64 bits per heavy atom. The first kappa shape index (κ1) is 22.3. The fourth-order valence-electron chi connectivity index (χ4n) is 4.19. The molecule has 4 rings (SSSR count). The first-order chi connectivity index (χ1) is 15.9. The van der Waals surface area contributed by atoms with E-state index in [2.05, 4.69) is 15.3 Å². The van der Waals surface area contributed by atoms with Crippen LogP contribution in [0.4, 0.5) is 0 Å². The summed E-state index contributed by atoms with van der Waals surface area (Å²) < 4.78 is 7.46. The van der Waals surface area contributed by atoms with Crippen molar-refractivity contribution in [2.45, 2.75) is 39.8 Å². The smallest absolute Gasteiger partial charge is 0.257 e. The van der Waals surface area contributed by atoms with Gasteiger partial charge in [0.1, 0.15) is 17.1 Å².